The van der Waals surface area contributed by atoms with Crippen LogP contribution in [0.15, 0.2) is 48.5 Å². The summed E-state index contributed by atoms with van der Waals surface area (Å²) in [6.07, 6.45) is -0.761. The lowest BCUT2D eigenvalue weighted by Gasteiger charge is -2.35. The molecule has 0 N–H and O–H groups in total. The molecule has 0 saturated carbocycles. The van der Waals surface area contributed by atoms with E-state index in [1.807, 2.05) is 23.1 Å². The van der Waals surface area contributed by atoms with Gasteiger partial charge in [0.1, 0.15) is 22.8 Å². The highest BCUT2D eigenvalue weighted by atomic mass is 16.7. The van der Waals surface area contributed by atoms with Gasteiger partial charge in [-0.25, -0.2) is 9.78 Å². The average molecular weight is 450 g/mol. The third-order valence-corrected chi connectivity index (χ3v) is 5.67. The van der Waals surface area contributed by atoms with Crippen molar-refractivity contribution in [2.75, 3.05) is 44.8 Å². The van der Waals surface area contributed by atoms with Gasteiger partial charge < -0.3 is 24.0 Å². The molecule has 1 fully saturated rings. The summed E-state index contributed by atoms with van der Waals surface area (Å²) in [6, 6.07) is 14.5. The fraction of sp³-hybridized carbons (Fsp3) is 0.320. The zero-order valence-corrected chi connectivity index (χ0v) is 19.0. The van der Waals surface area contributed by atoms with Crippen LogP contribution in [0.2, 0.25) is 0 Å². The summed E-state index contributed by atoms with van der Waals surface area (Å²) >= 11 is 0. The number of rotatable bonds is 5. The van der Waals surface area contributed by atoms with Crippen molar-refractivity contribution in [2.45, 2.75) is 13.8 Å². The number of benzene rings is 2. The van der Waals surface area contributed by atoms with Gasteiger partial charge in [0.25, 0.3) is 5.91 Å². The minimum absolute atomic E-state index is 0.0540. The highest BCUT2D eigenvalue weighted by Gasteiger charge is 2.24. The zero-order chi connectivity index (χ0) is 23.4. The van der Waals surface area contributed by atoms with E-state index < -0.39 is 6.16 Å². The molecule has 8 heteroatoms. The van der Waals surface area contributed by atoms with Gasteiger partial charge in [-0.2, -0.15) is 0 Å². The van der Waals surface area contributed by atoms with Crippen LogP contribution >= 0.6 is 0 Å². The second-order valence-corrected chi connectivity index (χ2v) is 7.74. The number of ether oxygens (including phenoxy) is 3. The molecule has 33 heavy (non-hydrogen) atoms. The van der Waals surface area contributed by atoms with Crippen molar-refractivity contribution in [2.24, 2.45) is 0 Å². The summed E-state index contributed by atoms with van der Waals surface area (Å²) in [6.45, 7) is 6.56. The molecule has 1 aromatic heterocycles. The topological polar surface area (TPSA) is 81.2 Å². The SMILES string of the molecule is CCOC(=O)Oc1ccc(C(=O)N2CCN(c3cc(C)c4cccc(OC)c4n3)CC2)cc1. The summed E-state index contributed by atoms with van der Waals surface area (Å²) < 4.78 is 15.3. The molecule has 172 valence electrons. The number of pyridine rings is 1. The number of aryl methyl sites for hydroxylation is 1. The highest BCUT2D eigenvalue weighted by molar-refractivity contribution is 5.94. The van der Waals surface area contributed by atoms with E-state index in [-0.39, 0.29) is 12.5 Å². The number of anilines is 1. The van der Waals surface area contributed by atoms with Crippen LogP contribution in [-0.4, -0.2) is 61.8 Å². The first-order chi connectivity index (χ1) is 16.0. The van der Waals surface area contributed by atoms with Crippen molar-refractivity contribution in [3.8, 4) is 11.5 Å². The molecule has 1 amide bonds. The predicted molar refractivity (Wildman–Crippen MR) is 125 cm³/mol. The number of fused-ring (bicyclic) bond motifs is 1. The molecule has 3 aromatic rings. The quantitative estimate of drug-likeness (QED) is 0.429. The van der Waals surface area contributed by atoms with Gasteiger partial charge in [-0.1, -0.05) is 12.1 Å². The fourth-order valence-electron chi connectivity index (χ4n) is 3.93. The van der Waals surface area contributed by atoms with E-state index >= 15 is 0 Å². The Morgan fingerprint density at radius 3 is 2.42 bits per heavy atom. The maximum absolute atomic E-state index is 12.9. The largest absolute Gasteiger partial charge is 0.513 e. The number of para-hydroxylation sites is 1. The van der Waals surface area contributed by atoms with Crippen LogP contribution < -0.4 is 14.4 Å². The molecule has 0 unspecified atom stereocenters. The lowest BCUT2D eigenvalue weighted by Crippen LogP contribution is -2.49. The number of carbonyl (C=O) groups is 2. The molecule has 1 aliphatic rings. The van der Waals surface area contributed by atoms with E-state index in [2.05, 4.69) is 17.9 Å². The van der Waals surface area contributed by atoms with Crippen molar-refractivity contribution >= 4 is 28.8 Å². The smallest absolute Gasteiger partial charge is 0.494 e. The second-order valence-electron chi connectivity index (χ2n) is 7.74. The molecule has 4 rings (SSSR count). The van der Waals surface area contributed by atoms with Gasteiger partial charge in [-0.05, 0) is 55.8 Å². The van der Waals surface area contributed by atoms with Crippen molar-refractivity contribution < 1.29 is 23.8 Å². The van der Waals surface area contributed by atoms with Crippen molar-refractivity contribution in [1.82, 2.24) is 9.88 Å². The van der Waals surface area contributed by atoms with Gasteiger partial charge >= 0.3 is 6.16 Å². The van der Waals surface area contributed by atoms with Gasteiger partial charge in [-0.15, -0.1) is 0 Å². The van der Waals surface area contributed by atoms with Crippen molar-refractivity contribution in [3.63, 3.8) is 0 Å². The van der Waals surface area contributed by atoms with E-state index in [0.29, 0.717) is 37.5 Å². The molecule has 1 saturated heterocycles. The van der Waals surface area contributed by atoms with Gasteiger partial charge in [0.2, 0.25) is 0 Å². The maximum atomic E-state index is 12.9. The molecule has 2 heterocycles. The fourth-order valence-corrected chi connectivity index (χ4v) is 3.93. The number of carbonyl (C=O) groups excluding carboxylic acids is 2. The van der Waals surface area contributed by atoms with Crippen LogP contribution in [0.5, 0.6) is 11.5 Å². The Morgan fingerprint density at radius 1 is 1.03 bits per heavy atom. The summed E-state index contributed by atoms with van der Waals surface area (Å²) in [5, 5.41) is 1.07. The first-order valence-corrected chi connectivity index (χ1v) is 10.9. The Bertz CT molecular complexity index is 1150. The maximum Gasteiger partial charge on any atom is 0.513 e. The van der Waals surface area contributed by atoms with Gasteiger partial charge in [0, 0.05) is 37.1 Å². The average Bonchev–Trinajstić information content (AvgIpc) is 2.84. The first kappa shape index (κ1) is 22.4. The molecular formula is C25H27N3O5. The molecular weight excluding hydrogens is 422 g/mol. The molecule has 0 aliphatic carbocycles. The predicted octanol–water partition coefficient (Wildman–Crippen LogP) is 4.05. The molecule has 0 radical (unpaired) electrons. The lowest BCUT2D eigenvalue weighted by molar-refractivity contribution is 0.0746. The number of piperazine rings is 1. The Morgan fingerprint density at radius 2 is 1.76 bits per heavy atom. The van der Waals surface area contributed by atoms with E-state index in [1.165, 1.54) is 0 Å². The van der Waals surface area contributed by atoms with Crippen LogP contribution in [0, 0.1) is 6.92 Å². The van der Waals surface area contributed by atoms with Gasteiger partial charge in [0.05, 0.1) is 13.7 Å². The molecule has 0 atom stereocenters. The van der Waals surface area contributed by atoms with E-state index in [1.54, 1.807) is 38.3 Å². The van der Waals surface area contributed by atoms with Crippen LogP contribution in [0.25, 0.3) is 10.9 Å². The third-order valence-electron chi connectivity index (χ3n) is 5.67. The Kier molecular flexibility index (Phi) is 6.63. The Balaban J connectivity index is 1.41. The van der Waals surface area contributed by atoms with E-state index in [9.17, 15) is 9.59 Å². The normalized spacial score (nSPS) is 13.7. The van der Waals surface area contributed by atoms with Crippen LogP contribution in [0.1, 0.15) is 22.8 Å². The molecule has 8 nitrogen and oxygen atoms in total. The van der Waals surface area contributed by atoms with Crippen LogP contribution in [-0.2, 0) is 4.74 Å². The Labute approximate surface area is 192 Å². The van der Waals surface area contributed by atoms with Crippen LogP contribution in [0.3, 0.4) is 0 Å². The van der Waals surface area contributed by atoms with Crippen molar-refractivity contribution in [3.05, 3.63) is 59.7 Å². The number of methoxy groups -OCH3 is 1. The number of hydrogen-bond donors (Lipinski definition) is 0. The number of aromatic nitrogens is 1. The number of nitrogens with zero attached hydrogens (tertiary/aromatic N) is 3. The van der Waals surface area contributed by atoms with Gasteiger partial charge in [-0.3, -0.25) is 4.79 Å². The van der Waals surface area contributed by atoms with Crippen LogP contribution in [0.4, 0.5) is 10.6 Å². The second kappa shape index (κ2) is 9.77. The number of hydrogen-bond acceptors (Lipinski definition) is 7. The van der Waals surface area contributed by atoms with Gasteiger partial charge in [0.15, 0.2) is 0 Å². The molecule has 0 bridgehead atoms. The minimum atomic E-state index is -0.761. The molecule has 2 aromatic carbocycles. The van der Waals surface area contributed by atoms with E-state index in [0.717, 1.165) is 28.0 Å². The summed E-state index contributed by atoms with van der Waals surface area (Å²) in [7, 11) is 1.65. The highest BCUT2D eigenvalue weighted by Crippen LogP contribution is 2.29. The summed E-state index contributed by atoms with van der Waals surface area (Å²) in [5.74, 6) is 1.92. The summed E-state index contributed by atoms with van der Waals surface area (Å²) in [4.78, 5) is 33.2. The van der Waals surface area contributed by atoms with Crippen molar-refractivity contribution in [1.29, 1.82) is 0 Å². The Hall–Kier alpha value is -3.81. The first-order valence-electron chi connectivity index (χ1n) is 10.9. The molecule has 1 aliphatic heterocycles. The zero-order valence-electron chi connectivity index (χ0n) is 19.0. The summed E-state index contributed by atoms with van der Waals surface area (Å²) in [5.41, 5.74) is 2.53. The third kappa shape index (κ3) is 4.84. The minimum Gasteiger partial charge on any atom is -0.494 e. The lowest BCUT2D eigenvalue weighted by atomic mass is 10.1. The monoisotopic (exact) mass is 449 g/mol. The molecule has 0 spiro atoms. The standard InChI is InChI=1S/C25H27N3O5/c1-4-32-25(30)33-19-10-8-18(9-11-19)24(29)28-14-12-27(13-15-28)22-16-17(2)20-6-5-7-21(31-3)23(20)26-22/h5-11,16H,4,12-15H2,1-3H3. The number of amides is 1. The van der Waals surface area contributed by atoms with E-state index in [4.69, 9.17) is 19.2 Å².